The summed E-state index contributed by atoms with van der Waals surface area (Å²) in [6, 6.07) is 5.17. The molecule has 2 N–H and O–H groups in total. The third kappa shape index (κ3) is 2.57. The topological polar surface area (TPSA) is 94.9 Å². The molecule has 1 atom stereocenters. The molecule has 0 radical (unpaired) electrons. The van der Waals surface area contributed by atoms with Crippen LogP contribution in [-0.4, -0.2) is 36.1 Å². The first-order chi connectivity index (χ1) is 9.44. The van der Waals surface area contributed by atoms with Crippen LogP contribution in [-0.2, 0) is 9.84 Å². The molecule has 0 spiro atoms. The summed E-state index contributed by atoms with van der Waals surface area (Å²) in [5.74, 6) is 0.119. The number of sulfone groups is 1. The average Bonchev–Trinajstić information content (AvgIpc) is 2.86. The molecule has 1 aliphatic rings. The molecule has 2 aromatic rings. The van der Waals surface area contributed by atoms with Gasteiger partial charge in [0.2, 0.25) is 5.88 Å². The van der Waals surface area contributed by atoms with Gasteiger partial charge < -0.3 is 10.1 Å². The molecule has 106 valence electrons. The van der Waals surface area contributed by atoms with Gasteiger partial charge in [0.25, 0.3) is 0 Å². The van der Waals surface area contributed by atoms with Gasteiger partial charge in [-0.15, -0.1) is 5.11 Å². The SMILES string of the molecule is O=S1(=O)CC[C@@H](N=Nc2c(O)[nH]c3ccc(Br)cc23)C1. The Kier molecular flexibility index (Phi) is 3.29. The molecule has 6 nitrogen and oxygen atoms in total. The molecule has 0 bridgehead atoms. The number of fused-ring (bicyclic) bond motifs is 1. The van der Waals surface area contributed by atoms with Crippen molar-refractivity contribution in [2.24, 2.45) is 10.2 Å². The van der Waals surface area contributed by atoms with Crippen molar-refractivity contribution in [1.82, 2.24) is 4.98 Å². The minimum absolute atomic E-state index is 0.0311. The van der Waals surface area contributed by atoms with Crippen LogP contribution in [0, 0.1) is 0 Å². The highest BCUT2D eigenvalue weighted by molar-refractivity contribution is 9.10. The number of nitrogens with zero attached hydrogens (tertiary/aromatic N) is 2. The fraction of sp³-hybridized carbons (Fsp3) is 0.333. The Morgan fingerprint density at radius 3 is 2.90 bits per heavy atom. The van der Waals surface area contributed by atoms with Gasteiger partial charge in [-0.05, 0) is 24.6 Å². The quantitative estimate of drug-likeness (QED) is 0.808. The maximum absolute atomic E-state index is 11.4. The smallest absolute Gasteiger partial charge is 0.218 e. The third-order valence-electron chi connectivity index (χ3n) is 3.24. The molecule has 0 amide bonds. The lowest BCUT2D eigenvalue weighted by Gasteiger charge is -1.98. The van der Waals surface area contributed by atoms with Gasteiger partial charge in [0.05, 0.1) is 23.1 Å². The molecule has 0 aliphatic carbocycles. The van der Waals surface area contributed by atoms with Gasteiger partial charge in [-0.3, -0.25) is 0 Å². The second-order valence-corrected chi connectivity index (χ2v) is 7.93. The molecule has 1 aromatic heterocycles. The van der Waals surface area contributed by atoms with Gasteiger partial charge in [0.1, 0.15) is 0 Å². The number of aromatic amines is 1. The van der Waals surface area contributed by atoms with Crippen LogP contribution in [0.3, 0.4) is 0 Å². The number of hydrogen-bond donors (Lipinski definition) is 2. The average molecular weight is 358 g/mol. The number of aromatic hydroxyl groups is 1. The van der Waals surface area contributed by atoms with Gasteiger partial charge in [0, 0.05) is 9.86 Å². The molecular formula is C12H12BrN3O3S. The van der Waals surface area contributed by atoms with E-state index in [-0.39, 0.29) is 23.4 Å². The second kappa shape index (κ2) is 4.85. The number of azo groups is 1. The van der Waals surface area contributed by atoms with Crippen LogP contribution >= 0.6 is 15.9 Å². The summed E-state index contributed by atoms with van der Waals surface area (Å²) in [5.41, 5.74) is 1.09. The minimum Gasteiger partial charge on any atom is -0.493 e. The lowest BCUT2D eigenvalue weighted by molar-refractivity contribution is 0.459. The van der Waals surface area contributed by atoms with Gasteiger partial charge in [-0.25, -0.2) is 8.42 Å². The van der Waals surface area contributed by atoms with E-state index in [0.717, 1.165) is 15.4 Å². The van der Waals surface area contributed by atoms with Crippen LogP contribution in [0.25, 0.3) is 10.9 Å². The zero-order valence-corrected chi connectivity index (χ0v) is 12.8. The molecule has 2 heterocycles. The molecule has 1 fully saturated rings. The van der Waals surface area contributed by atoms with Crippen LogP contribution in [0.2, 0.25) is 0 Å². The van der Waals surface area contributed by atoms with E-state index >= 15 is 0 Å². The highest BCUT2D eigenvalue weighted by Gasteiger charge is 2.27. The van der Waals surface area contributed by atoms with Crippen molar-refractivity contribution in [3.8, 4) is 5.88 Å². The van der Waals surface area contributed by atoms with E-state index in [2.05, 4.69) is 31.1 Å². The zero-order valence-electron chi connectivity index (χ0n) is 10.4. The number of hydrogen-bond acceptors (Lipinski definition) is 5. The number of halogens is 1. The van der Waals surface area contributed by atoms with Crippen LogP contribution in [0.5, 0.6) is 5.88 Å². The predicted octanol–water partition coefficient (Wildman–Crippen LogP) is 2.91. The maximum Gasteiger partial charge on any atom is 0.218 e. The Labute approximate surface area is 124 Å². The van der Waals surface area contributed by atoms with Crippen molar-refractivity contribution in [2.45, 2.75) is 12.5 Å². The normalized spacial score (nSPS) is 21.9. The lowest BCUT2D eigenvalue weighted by atomic mass is 10.2. The van der Waals surface area contributed by atoms with Gasteiger partial charge in [-0.1, -0.05) is 15.9 Å². The standard InChI is InChI=1S/C12H12BrN3O3S/c13-7-1-2-10-9(5-7)11(12(17)14-10)16-15-8-3-4-20(18,19)6-8/h1-2,5,8,14,17H,3-4,6H2/t8-/m1/s1. The first kappa shape index (κ1) is 13.6. The number of H-pyrrole nitrogens is 1. The number of rotatable bonds is 2. The molecule has 8 heteroatoms. The Morgan fingerprint density at radius 2 is 2.20 bits per heavy atom. The molecule has 1 aromatic carbocycles. The van der Waals surface area contributed by atoms with Crippen molar-refractivity contribution in [3.63, 3.8) is 0 Å². The van der Waals surface area contributed by atoms with E-state index in [4.69, 9.17) is 0 Å². The number of aromatic nitrogens is 1. The summed E-state index contributed by atoms with van der Waals surface area (Å²) >= 11 is 3.36. The van der Waals surface area contributed by atoms with Crippen molar-refractivity contribution in [2.75, 3.05) is 11.5 Å². The monoisotopic (exact) mass is 357 g/mol. The summed E-state index contributed by atoms with van der Waals surface area (Å²) in [4.78, 5) is 2.81. The fourth-order valence-corrected chi connectivity index (χ4v) is 4.22. The van der Waals surface area contributed by atoms with Crippen molar-refractivity contribution in [3.05, 3.63) is 22.7 Å². The van der Waals surface area contributed by atoms with Crippen molar-refractivity contribution in [1.29, 1.82) is 0 Å². The number of benzene rings is 1. The third-order valence-corrected chi connectivity index (χ3v) is 5.49. The van der Waals surface area contributed by atoms with Crippen LogP contribution in [0.15, 0.2) is 32.9 Å². The van der Waals surface area contributed by atoms with Crippen LogP contribution in [0.1, 0.15) is 6.42 Å². The summed E-state index contributed by atoms with van der Waals surface area (Å²) in [6.45, 7) is 0. The molecule has 20 heavy (non-hydrogen) atoms. The minimum atomic E-state index is -2.98. The summed E-state index contributed by atoms with van der Waals surface area (Å²) in [6.07, 6.45) is 0.485. The molecule has 0 saturated carbocycles. The van der Waals surface area contributed by atoms with Gasteiger partial charge in [0.15, 0.2) is 15.5 Å². The highest BCUT2D eigenvalue weighted by atomic mass is 79.9. The van der Waals surface area contributed by atoms with E-state index in [1.807, 2.05) is 18.2 Å². The summed E-state index contributed by atoms with van der Waals surface area (Å²) < 4.78 is 23.6. The van der Waals surface area contributed by atoms with Gasteiger partial charge in [-0.2, -0.15) is 5.11 Å². The predicted molar refractivity (Wildman–Crippen MR) is 79.2 cm³/mol. The second-order valence-electron chi connectivity index (χ2n) is 4.78. The molecule has 3 rings (SSSR count). The Balaban J connectivity index is 1.95. The first-order valence-corrected chi connectivity index (χ1v) is 8.67. The summed E-state index contributed by atoms with van der Waals surface area (Å²) in [5, 5.41) is 18.7. The molecular weight excluding hydrogens is 346 g/mol. The van der Waals surface area contributed by atoms with E-state index in [1.165, 1.54) is 0 Å². The van der Waals surface area contributed by atoms with E-state index in [0.29, 0.717) is 12.1 Å². The van der Waals surface area contributed by atoms with E-state index in [1.54, 1.807) is 0 Å². The molecule has 0 unspecified atom stereocenters. The van der Waals surface area contributed by atoms with Crippen LogP contribution in [0.4, 0.5) is 5.69 Å². The first-order valence-electron chi connectivity index (χ1n) is 6.06. The summed E-state index contributed by atoms with van der Waals surface area (Å²) in [7, 11) is -2.98. The Bertz CT molecular complexity index is 798. The highest BCUT2D eigenvalue weighted by Crippen LogP contribution is 2.37. The lowest BCUT2D eigenvalue weighted by Crippen LogP contribution is -2.06. The molecule has 1 aliphatic heterocycles. The van der Waals surface area contributed by atoms with E-state index < -0.39 is 9.84 Å². The Morgan fingerprint density at radius 1 is 1.40 bits per heavy atom. The largest absolute Gasteiger partial charge is 0.493 e. The number of nitrogens with one attached hydrogen (secondary N) is 1. The van der Waals surface area contributed by atoms with Crippen molar-refractivity contribution >= 4 is 42.4 Å². The molecule has 1 saturated heterocycles. The maximum atomic E-state index is 11.4. The fourth-order valence-electron chi connectivity index (χ4n) is 2.24. The zero-order chi connectivity index (χ0) is 14.3. The van der Waals surface area contributed by atoms with Gasteiger partial charge >= 0.3 is 0 Å². The van der Waals surface area contributed by atoms with Crippen LogP contribution < -0.4 is 0 Å². The van der Waals surface area contributed by atoms with Crippen molar-refractivity contribution < 1.29 is 13.5 Å². The van der Waals surface area contributed by atoms with E-state index in [9.17, 15) is 13.5 Å². The Hall–Kier alpha value is -1.41.